The van der Waals surface area contributed by atoms with E-state index in [1.165, 1.54) is 0 Å². The van der Waals surface area contributed by atoms with Gasteiger partial charge in [-0.05, 0) is 51.3 Å². The van der Waals surface area contributed by atoms with E-state index in [9.17, 15) is 4.79 Å². The first-order valence-corrected chi connectivity index (χ1v) is 10.2. The molecular formula is C20H30Cl2N2O4. The highest BCUT2D eigenvalue weighted by Crippen LogP contribution is 2.34. The van der Waals surface area contributed by atoms with E-state index in [0.717, 1.165) is 38.0 Å². The first-order valence-electron chi connectivity index (χ1n) is 9.49. The number of hydrogen-bond donors (Lipinski definition) is 1. The number of methoxy groups -OCH3 is 1. The Kier molecular flexibility index (Phi) is 8.68. The number of carbonyl (C=O) groups is 1. The third-order valence-corrected chi connectivity index (χ3v) is 4.87. The fourth-order valence-corrected chi connectivity index (χ4v) is 3.68. The van der Waals surface area contributed by atoms with Crippen molar-refractivity contribution in [3.05, 3.63) is 27.7 Å². The summed E-state index contributed by atoms with van der Waals surface area (Å²) >= 11 is 12.7. The van der Waals surface area contributed by atoms with Crippen molar-refractivity contribution in [2.75, 3.05) is 33.4 Å². The molecule has 0 atom stereocenters. The summed E-state index contributed by atoms with van der Waals surface area (Å²) in [5, 5.41) is 3.95. The van der Waals surface area contributed by atoms with Crippen LogP contribution in [-0.4, -0.2) is 56.0 Å². The van der Waals surface area contributed by atoms with Gasteiger partial charge >= 0.3 is 6.09 Å². The number of ether oxygens (including phenoxy) is 3. The van der Waals surface area contributed by atoms with Crippen molar-refractivity contribution in [3.63, 3.8) is 0 Å². The van der Waals surface area contributed by atoms with E-state index in [1.54, 1.807) is 7.11 Å². The molecule has 0 saturated carbocycles. The smallest absolute Gasteiger partial charge is 0.407 e. The van der Waals surface area contributed by atoms with Crippen LogP contribution in [0.25, 0.3) is 0 Å². The summed E-state index contributed by atoms with van der Waals surface area (Å²) in [5.41, 5.74) is 0.551. The molecule has 8 heteroatoms. The standard InChI is InChI=1S/C20H30Cl2N2O4/c1-20(2,3)28-19(25)23-15-5-7-24(8-6-15)13-14-11-16(21)18(17(22)12-14)27-10-9-26-4/h11-12,15H,5-10,13H2,1-4H3,(H,23,25). The zero-order valence-electron chi connectivity index (χ0n) is 17.0. The van der Waals surface area contributed by atoms with Gasteiger partial charge in [0.1, 0.15) is 12.2 Å². The molecule has 0 unspecified atom stereocenters. The van der Waals surface area contributed by atoms with Gasteiger partial charge in [-0.2, -0.15) is 0 Å². The minimum absolute atomic E-state index is 0.134. The van der Waals surface area contributed by atoms with E-state index in [-0.39, 0.29) is 12.1 Å². The van der Waals surface area contributed by atoms with Crippen LogP contribution in [0.4, 0.5) is 4.79 Å². The molecule has 0 aromatic heterocycles. The van der Waals surface area contributed by atoms with Crippen molar-refractivity contribution in [2.45, 2.75) is 51.8 Å². The number of halogens is 2. The SMILES string of the molecule is COCCOc1c(Cl)cc(CN2CCC(NC(=O)OC(C)(C)C)CC2)cc1Cl. The number of piperidine rings is 1. The number of benzene rings is 1. The van der Waals surface area contributed by atoms with Gasteiger partial charge < -0.3 is 19.5 Å². The van der Waals surface area contributed by atoms with Gasteiger partial charge in [0.25, 0.3) is 0 Å². The molecule has 1 N–H and O–H groups in total. The lowest BCUT2D eigenvalue weighted by Crippen LogP contribution is -2.45. The monoisotopic (exact) mass is 432 g/mol. The van der Waals surface area contributed by atoms with Crippen LogP contribution in [0.1, 0.15) is 39.2 Å². The van der Waals surface area contributed by atoms with Gasteiger partial charge in [-0.15, -0.1) is 0 Å². The van der Waals surface area contributed by atoms with Crippen molar-refractivity contribution in [2.24, 2.45) is 0 Å². The van der Waals surface area contributed by atoms with Gasteiger partial charge in [-0.3, -0.25) is 4.90 Å². The Bertz CT molecular complexity index is 633. The summed E-state index contributed by atoms with van der Waals surface area (Å²) in [6.07, 6.45) is 1.39. The number of likely N-dealkylation sites (tertiary alicyclic amines) is 1. The highest BCUT2D eigenvalue weighted by Gasteiger charge is 2.24. The molecule has 1 aromatic carbocycles. The minimum atomic E-state index is -0.483. The van der Waals surface area contributed by atoms with Crippen LogP contribution >= 0.6 is 23.2 Å². The minimum Gasteiger partial charge on any atom is -0.488 e. The maximum absolute atomic E-state index is 11.9. The second-order valence-corrected chi connectivity index (χ2v) is 8.74. The predicted molar refractivity (Wildman–Crippen MR) is 112 cm³/mol. The Morgan fingerprint density at radius 1 is 1.18 bits per heavy atom. The fraction of sp³-hybridized carbons (Fsp3) is 0.650. The fourth-order valence-electron chi connectivity index (χ4n) is 3.04. The van der Waals surface area contributed by atoms with E-state index < -0.39 is 5.60 Å². The van der Waals surface area contributed by atoms with Crippen molar-refractivity contribution >= 4 is 29.3 Å². The quantitative estimate of drug-likeness (QED) is 0.642. The van der Waals surface area contributed by atoms with Crippen molar-refractivity contribution in [1.82, 2.24) is 10.2 Å². The number of carbonyl (C=O) groups excluding carboxylic acids is 1. The zero-order chi connectivity index (χ0) is 20.7. The van der Waals surface area contributed by atoms with Gasteiger partial charge in [0.05, 0.1) is 16.7 Å². The van der Waals surface area contributed by atoms with Crippen LogP contribution in [0.15, 0.2) is 12.1 Å². The third kappa shape index (κ3) is 7.66. The summed E-state index contributed by atoms with van der Waals surface area (Å²) in [6, 6.07) is 3.91. The van der Waals surface area contributed by atoms with Crippen molar-refractivity contribution < 1.29 is 19.0 Å². The van der Waals surface area contributed by atoms with Crippen LogP contribution in [-0.2, 0) is 16.0 Å². The molecule has 1 aromatic rings. The maximum Gasteiger partial charge on any atom is 0.407 e. The number of amides is 1. The van der Waals surface area contributed by atoms with E-state index in [0.29, 0.717) is 29.0 Å². The van der Waals surface area contributed by atoms with Crippen LogP contribution in [0.5, 0.6) is 5.75 Å². The lowest BCUT2D eigenvalue weighted by Gasteiger charge is -2.33. The lowest BCUT2D eigenvalue weighted by molar-refractivity contribution is 0.0477. The van der Waals surface area contributed by atoms with Crippen LogP contribution in [0.2, 0.25) is 10.0 Å². The molecule has 28 heavy (non-hydrogen) atoms. The molecule has 1 amide bonds. The molecule has 1 fully saturated rings. The second-order valence-electron chi connectivity index (χ2n) is 7.93. The molecule has 1 aliphatic heterocycles. The average Bonchev–Trinajstić information content (AvgIpc) is 2.57. The largest absolute Gasteiger partial charge is 0.488 e. The maximum atomic E-state index is 11.9. The second kappa shape index (κ2) is 10.5. The van der Waals surface area contributed by atoms with Crippen molar-refractivity contribution in [3.8, 4) is 5.75 Å². The summed E-state index contributed by atoms with van der Waals surface area (Å²) in [7, 11) is 1.61. The molecule has 0 radical (unpaired) electrons. The number of alkyl carbamates (subject to hydrolysis) is 1. The van der Waals surface area contributed by atoms with Gasteiger partial charge in [-0.25, -0.2) is 4.79 Å². The lowest BCUT2D eigenvalue weighted by atomic mass is 10.0. The van der Waals surface area contributed by atoms with Crippen molar-refractivity contribution in [1.29, 1.82) is 0 Å². The van der Waals surface area contributed by atoms with E-state index in [2.05, 4.69) is 10.2 Å². The molecule has 2 rings (SSSR count). The van der Waals surface area contributed by atoms with E-state index >= 15 is 0 Å². The zero-order valence-corrected chi connectivity index (χ0v) is 18.5. The number of nitrogens with one attached hydrogen (secondary N) is 1. The first-order chi connectivity index (χ1) is 13.2. The van der Waals surface area contributed by atoms with E-state index in [1.807, 2.05) is 32.9 Å². The van der Waals surface area contributed by atoms with Gasteiger partial charge in [0.15, 0.2) is 5.75 Å². The topological polar surface area (TPSA) is 60.0 Å². The highest BCUT2D eigenvalue weighted by molar-refractivity contribution is 6.37. The first kappa shape index (κ1) is 23.1. The normalized spacial score (nSPS) is 16.1. The summed E-state index contributed by atoms with van der Waals surface area (Å²) in [6.45, 7) is 8.95. The third-order valence-electron chi connectivity index (χ3n) is 4.31. The van der Waals surface area contributed by atoms with Gasteiger partial charge in [0.2, 0.25) is 0 Å². The number of rotatable bonds is 7. The summed E-state index contributed by atoms with van der Waals surface area (Å²) < 4.78 is 15.9. The Labute approximate surface area is 177 Å². The predicted octanol–water partition coefficient (Wildman–Crippen LogP) is 4.51. The molecule has 0 bridgehead atoms. The number of nitrogens with zero attached hydrogens (tertiary/aromatic N) is 1. The average molecular weight is 433 g/mol. The van der Waals surface area contributed by atoms with Crippen LogP contribution in [0.3, 0.4) is 0 Å². The van der Waals surface area contributed by atoms with Gasteiger partial charge in [-0.1, -0.05) is 23.2 Å². The molecule has 0 aliphatic carbocycles. The molecular weight excluding hydrogens is 403 g/mol. The molecule has 1 heterocycles. The molecule has 0 spiro atoms. The van der Waals surface area contributed by atoms with Crippen LogP contribution in [0, 0.1) is 0 Å². The van der Waals surface area contributed by atoms with Gasteiger partial charge in [0, 0.05) is 32.8 Å². The molecule has 158 valence electrons. The van der Waals surface area contributed by atoms with Crippen LogP contribution < -0.4 is 10.1 Å². The van der Waals surface area contributed by atoms with E-state index in [4.69, 9.17) is 37.4 Å². The Balaban J connectivity index is 1.83. The summed E-state index contributed by atoms with van der Waals surface area (Å²) in [4.78, 5) is 14.2. The number of hydrogen-bond acceptors (Lipinski definition) is 5. The summed E-state index contributed by atoms with van der Waals surface area (Å²) in [5.74, 6) is 0.490. The Morgan fingerprint density at radius 2 is 1.79 bits per heavy atom. The molecule has 1 saturated heterocycles. The molecule has 1 aliphatic rings. The Morgan fingerprint density at radius 3 is 2.32 bits per heavy atom. The molecule has 6 nitrogen and oxygen atoms in total. The Hall–Kier alpha value is -1.21. The highest BCUT2D eigenvalue weighted by atomic mass is 35.5.